The summed E-state index contributed by atoms with van der Waals surface area (Å²) in [5.41, 5.74) is 0. The van der Waals surface area contributed by atoms with Crippen molar-refractivity contribution in [2.75, 3.05) is 44.2 Å². The van der Waals surface area contributed by atoms with Crippen molar-refractivity contribution < 1.29 is 19.1 Å². The zero-order chi connectivity index (χ0) is 24.2. The first-order chi connectivity index (χ1) is 17.1. The Hall–Kier alpha value is -2.48. The fourth-order valence-corrected chi connectivity index (χ4v) is 6.33. The van der Waals surface area contributed by atoms with E-state index < -0.39 is 6.10 Å². The molecule has 2 saturated heterocycles. The summed E-state index contributed by atoms with van der Waals surface area (Å²) in [6, 6.07) is 5.94. The third-order valence-corrected chi connectivity index (χ3v) is 8.35. The molecule has 2 aliphatic heterocycles. The number of esters is 1. The second-order valence-corrected chi connectivity index (χ2v) is 10.7. The second kappa shape index (κ2) is 11.1. The van der Waals surface area contributed by atoms with Crippen LogP contribution in [0.3, 0.4) is 0 Å². The number of rotatable bonds is 7. The number of hydrogen-bond acceptors (Lipinski definition) is 7. The maximum atomic E-state index is 13.1. The van der Waals surface area contributed by atoms with Gasteiger partial charge in [0.15, 0.2) is 0 Å². The zero-order valence-electron chi connectivity index (χ0n) is 20.6. The topological polar surface area (TPSA) is 83.1 Å². The van der Waals surface area contributed by atoms with Gasteiger partial charge < -0.3 is 9.64 Å². The molecule has 2 amide bonds. The first-order valence-corrected chi connectivity index (χ1v) is 13.5. The lowest BCUT2D eigenvalue weighted by Crippen LogP contribution is -2.52. The lowest BCUT2D eigenvalue weighted by atomic mass is 9.81. The molecule has 3 atom stereocenters. The highest BCUT2D eigenvalue weighted by Gasteiger charge is 2.49. The summed E-state index contributed by atoms with van der Waals surface area (Å²) >= 11 is 0. The van der Waals surface area contributed by atoms with Gasteiger partial charge in [-0.05, 0) is 37.8 Å². The molecule has 0 radical (unpaired) electrons. The van der Waals surface area contributed by atoms with E-state index >= 15 is 0 Å². The Morgan fingerprint density at radius 2 is 1.54 bits per heavy atom. The Morgan fingerprint density at radius 1 is 0.886 bits per heavy atom. The van der Waals surface area contributed by atoms with Gasteiger partial charge in [0.1, 0.15) is 11.9 Å². The largest absolute Gasteiger partial charge is 0.459 e. The van der Waals surface area contributed by atoms with Crippen molar-refractivity contribution in [3.8, 4) is 0 Å². The van der Waals surface area contributed by atoms with Crippen LogP contribution in [-0.2, 0) is 19.1 Å². The van der Waals surface area contributed by atoms with E-state index in [-0.39, 0.29) is 42.1 Å². The minimum Gasteiger partial charge on any atom is -0.459 e. The molecule has 8 nitrogen and oxygen atoms in total. The number of imide groups is 1. The third-order valence-electron chi connectivity index (χ3n) is 8.35. The van der Waals surface area contributed by atoms with Crippen LogP contribution in [0.25, 0.3) is 0 Å². The van der Waals surface area contributed by atoms with Gasteiger partial charge in [-0.2, -0.15) is 0 Å². The summed E-state index contributed by atoms with van der Waals surface area (Å²) in [7, 11) is 0. The molecule has 1 unspecified atom stereocenters. The van der Waals surface area contributed by atoms with Crippen molar-refractivity contribution >= 4 is 23.6 Å². The minimum absolute atomic E-state index is 0.0557. The molecule has 0 bridgehead atoms. The van der Waals surface area contributed by atoms with Crippen molar-refractivity contribution in [2.24, 2.45) is 17.8 Å². The fraction of sp³-hybridized carbons (Fsp3) is 0.704. The maximum absolute atomic E-state index is 13.1. The van der Waals surface area contributed by atoms with Crippen molar-refractivity contribution in [3.05, 3.63) is 24.4 Å². The van der Waals surface area contributed by atoms with Gasteiger partial charge in [-0.1, -0.05) is 38.2 Å². The van der Waals surface area contributed by atoms with Gasteiger partial charge >= 0.3 is 5.97 Å². The number of amides is 2. The molecule has 190 valence electrons. The quantitative estimate of drug-likeness (QED) is 0.437. The van der Waals surface area contributed by atoms with Crippen molar-refractivity contribution in [2.45, 2.75) is 63.9 Å². The summed E-state index contributed by atoms with van der Waals surface area (Å²) in [6.07, 6.45) is 9.99. The van der Waals surface area contributed by atoms with E-state index in [1.165, 1.54) is 11.3 Å². The van der Waals surface area contributed by atoms with Crippen molar-refractivity contribution in [3.63, 3.8) is 0 Å². The highest BCUT2D eigenvalue weighted by Crippen LogP contribution is 2.38. The normalized spacial score (nSPS) is 27.1. The first kappa shape index (κ1) is 24.2. The molecule has 4 fully saturated rings. The number of likely N-dealkylation sites (tertiary alicyclic amines) is 1. The number of nitrogens with zero attached hydrogens (tertiary/aromatic N) is 4. The fourth-order valence-electron chi connectivity index (χ4n) is 6.33. The number of carbonyl (C=O) groups excluding carboxylic acids is 3. The Bertz CT molecular complexity index is 872. The smallest absolute Gasteiger partial charge is 0.309 e. The SMILES string of the molecule is O=C(OC(CN1CCN(c2ccccn2)CC1)CN1C(=O)[C@H]2CCCC[C@H]2C1=O)C1CCCCC1. The van der Waals surface area contributed by atoms with Gasteiger partial charge in [0, 0.05) is 38.9 Å². The summed E-state index contributed by atoms with van der Waals surface area (Å²) in [5.74, 6) is 0.305. The Labute approximate surface area is 208 Å². The molecule has 3 heterocycles. The lowest BCUT2D eigenvalue weighted by molar-refractivity contribution is -0.160. The number of fused-ring (bicyclic) bond motifs is 1. The molecule has 0 spiro atoms. The summed E-state index contributed by atoms with van der Waals surface area (Å²) in [6.45, 7) is 4.05. The summed E-state index contributed by atoms with van der Waals surface area (Å²) in [5, 5.41) is 0. The molecule has 0 aromatic carbocycles. The van der Waals surface area contributed by atoms with Crippen LogP contribution in [0.4, 0.5) is 5.82 Å². The van der Waals surface area contributed by atoms with Gasteiger partial charge in [0.05, 0.1) is 24.3 Å². The van der Waals surface area contributed by atoms with Gasteiger partial charge in [0.2, 0.25) is 11.8 Å². The number of ether oxygens (including phenoxy) is 1. The third kappa shape index (κ3) is 5.52. The number of pyridine rings is 1. The van der Waals surface area contributed by atoms with Crippen molar-refractivity contribution in [1.82, 2.24) is 14.8 Å². The number of hydrogen-bond donors (Lipinski definition) is 0. The number of piperazine rings is 1. The predicted molar refractivity (Wildman–Crippen MR) is 132 cm³/mol. The van der Waals surface area contributed by atoms with Crippen LogP contribution in [-0.4, -0.2) is 77.9 Å². The van der Waals surface area contributed by atoms with E-state index in [0.717, 1.165) is 83.4 Å². The molecule has 1 aromatic heterocycles. The second-order valence-electron chi connectivity index (χ2n) is 10.7. The molecule has 5 rings (SSSR count). The standard InChI is InChI=1S/C27H38N4O4/c32-25-22-10-4-5-11-23(22)26(33)31(25)19-21(35-27(34)20-8-2-1-3-9-20)18-29-14-16-30(17-15-29)24-12-6-7-13-28-24/h6-7,12-13,20-23H,1-5,8-11,14-19H2/t21?,22-,23+. The first-order valence-electron chi connectivity index (χ1n) is 13.5. The molecule has 35 heavy (non-hydrogen) atoms. The summed E-state index contributed by atoms with van der Waals surface area (Å²) < 4.78 is 6.06. The van der Waals surface area contributed by atoms with Gasteiger partial charge in [-0.15, -0.1) is 0 Å². The molecular weight excluding hydrogens is 444 g/mol. The molecular formula is C27H38N4O4. The van der Waals surface area contributed by atoms with Crippen LogP contribution in [0.15, 0.2) is 24.4 Å². The maximum Gasteiger partial charge on any atom is 0.309 e. The van der Waals surface area contributed by atoms with Gasteiger partial charge in [0.25, 0.3) is 0 Å². The van der Waals surface area contributed by atoms with Gasteiger partial charge in [-0.25, -0.2) is 4.98 Å². The molecule has 4 aliphatic rings. The highest BCUT2D eigenvalue weighted by molar-refractivity contribution is 6.05. The molecule has 2 aliphatic carbocycles. The molecule has 0 N–H and O–H groups in total. The van der Waals surface area contributed by atoms with E-state index in [1.807, 2.05) is 24.4 Å². The van der Waals surface area contributed by atoms with Crippen LogP contribution < -0.4 is 4.90 Å². The summed E-state index contributed by atoms with van der Waals surface area (Å²) in [4.78, 5) is 49.7. The average Bonchev–Trinajstić information content (AvgIpc) is 3.15. The van der Waals surface area contributed by atoms with E-state index in [4.69, 9.17) is 4.74 Å². The number of aromatic nitrogens is 1. The van der Waals surface area contributed by atoms with E-state index in [1.54, 1.807) is 0 Å². The number of carbonyl (C=O) groups is 3. The molecule has 8 heteroatoms. The molecule has 1 aromatic rings. The van der Waals surface area contributed by atoms with Crippen LogP contribution in [0, 0.1) is 17.8 Å². The predicted octanol–water partition coefficient (Wildman–Crippen LogP) is 2.87. The van der Waals surface area contributed by atoms with Gasteiger partial charge in [-0.3, -0.25) is 24.2 Å². The number of anilines is 1. The van der Waals surface area contributed by atoms with E-state index in [9.17, 15) is 14.4 Å². The van der Waals surface area contributed by atoms with E-state index in [2.05, 4.69) is 14.8 Å². The van der Waals surface area contributed by atoms with Crippen LogP contribution in [0.5, 0.6) is 0 Å². The molecule has 2 saturated carbocycles. The Morgan fingerprint density at radius 3 is 2.17 bits per heavy atom. The Kier molecular flexibility index (Phi) is 7.66. The van der Waals surface area contributed by atoms with E-state index in [0.29, 0.717) is 6.54 Å². The average molecular weight is 483 g/mol. The van der Waals surface area contributed by atoms with Crippen molar-refractivity contribution in [1.29, 1.82) is 0 Å². The van der Waals surface area contributed by atoms with Crippen LogP contribution >= 0.6 is 0 Å². The monoisotopic (exact) mass is 482 g/mol. The Balaban J connectivity index is 1.24. The van der Waals surface area contributed by atoms with Crippen LogP contribution in [0.1, 0.15) is 57.8 Å². The van der Waals surface area contributed by atoms with Crippen LogP contribution in [0.2, 0.25) is 0 Å². The highest BCUT2D eigenvalue weighted by atomic mass is 16.5. The lowest BCUT2D eigenvalue weighted by Gasteiger charge is -2.37. The minimum atomic E-state index is -0.487. The zero-order valence-corrected chi connectivity index (χ0v) is 20.6.